The number of carboxylic acids is 1. The second-order valence-corrected chi connectivity index (χ2v) is 9.39. The maximum absolute atomic E-state index is 12.5. The molecule has 0 unspecified atom stereocenters. The average Bonchev–Trinajstić information content (AvgIpc) is 2.97. The first kappa shape index (κ1) is 39.1. The Kier molecular flexibility index (Phi) is 19.4. The molecule has 3 atom stereocenters. The smallest absolute Gasteiger partial charge is 0.325 e. The van der Waals surface area contributed by atoms with Gasteiger partial charge >= 0.3 is 5.97 Å². The van der Waals surface area contributed by atoms with Gasteiger partial charge in [0, 0.05) is 13.0 Å². The van der Waals surface area contributed by atoms with Crippen LogP contribution in [0.25, 0.3) is 0 Å². The minimum absolute atomic E-state index is 0.0495. The van der Waals surface area contributed by atoms with Crippen LogP contribution in [-0.2, 0) is 43.2 Å². The average molecular weight is 631 g/mol. The number of carbonyl (C=O) groups is 9. The molecule has 0 aromatic heterocycles. The highest BCUT2D eigenvalue weighted by atomic mass is 16.4. The predicted octanol–water partition coefficient (Wildman–Crippen LogP) is -6.64. The molecule has 0 saturated carbocycles. The van der Waals surface area contributed by atoms with Crippen molar-refractivity contribution in [2.45, 2.75) is 57.2 Å². The van der Waals surface area contributed by atoms with Crippen molar-refractivity contribution in [2.24, 2.45) is 17.2 Å². The Morgan fingerprint density at radius 3 is 1.59 bits per heavy atom. The summed E-state index contributed by atoms with van der Waals surface area (Å²) in [5.41, 5.74) is 15.6. The van der Waals surface area contributed by atoms with Gasteiger partial charge in [0.25, 0.3) is 0 Å². The summed E-state index contributed by atoms with van der Waals surface area (Å²) >= 11 is 0. The Morgan fingerprint density at radius 2 is 1.14 bits per heavy atom. The SMILES string of the molecule is C[C@@H](NC(=O)[C@H](CCCCNC(=O)CNC(=O)CNC(=O)CNC(=O)CNC(=O)CN)NC(=O)CC[C@@H](N)C(N)=O)C(=O)O. The molecule has 0 radical (unpaired) electrons. The van der Waals surface area contributed by atoms with Crippen molar-refractivity contribution in [3.63, 3.8) is 0 Å². The number of carbonyl (C=O) groups excluding carboxylic acids is 8. The molecule has 0 rings (SSSR count). The fourth-order valence-corrected chi connectivity index (χ4v) is 3.08. The minimum Gasteiger partial charge on any atom is -0.480 e. The van der Waals surface area contributed by atoms with Gasteiger partial charge in [0.2, 0.25) is 47.3 Å². The van der Waals surface area contributed by atoms with Crippen LogP contribution in [0.5, 0.6) is 0 Å². The summed E-state index contributed by atoms with van der Waals surface area (Å²) in [5.74, 6) is -6.47. The Morgan fingerprint density at radius 1 is 0.659 bits per heavy atom. The van der Waals surface area contributed by atoms with Gasteiger partial charge in [-0.15, -0.1) is 0 Å². The first-order valence-corrected chi connectivity index (χ1v) is 13.6. The Bertz CT molecular complexity index is 1050. The van der Waals surface area contributed by atoms with Gasteiger partial charge in [-0.05, 0) is 32.6 Å². The van der Waals surface area contributed by atoms with Gasteiger partial charge in [0.05, 0.1) is 38.8 Å². The molecule has 20 nitrogen and oxygen atoms in total. The van der Waals surface area contributed by atoms with Crippen LogP contribution in [0.1, 0.15) is 39.0 Å². The van der Waals surface area contributed by atoms with Crippen LogP contribution in [0.15, 0.2) is 0 Å². The molecule has 0 bridgehead atoms. The summed E-state index contributed by atoms with van der Waals surface area (Å²) in [7, 11) is 0. The summed E-state index contributed by atoms with van der Waals surface area (Å²) in [5, 5.41) is 25.3. The summed E-state index contributed by atoms with van der Waals surface area (Å²) in [6.07, 6.45) is 0.543. The molecule has 44 heavy (non-hydrogen) atoms. The zero-order valence-electron chi connectivity index (χ0n) is 24.4. The lowest BCUT2D eigenvalue weighted by Gasteiger charge is -2.20. The number of carboxylic acid groups (broad SMARTS) is 1. The lowest BCUT2D eigenvalue weighted by Crippen LogP contribution is -2.51. The fourth-order valence-electron chi connectivity index (χ4n) is 3.08. The number of unbranched alkanes of at least 4 members (excludes halogenated alkanes) is 1. The highest BCUT2D eigenvalue weighted by molar-refractivity contribution is 5.92. The molecule has 0 spiro atoms. The van der Waals surface area contributed by atoms with E-state index in [0.29, 0.717) is 12.8 Å². The van der Waals surface area contributed by atoms with E-state index in [0.717, 1.165) is 0 Å². The Hall–Kier alpha value is -4.85. The van der Waals surface area contributed by atoms with E-state index in [4.69, 9.17) is 22.3 Å². The van der Waals surface area contributed by atoms with Crippen molar-refractivity contribution in [3.8, 4) is 0 Å². The second-order valence-electron chi connectivity index (χ2n) is 9.39. The Balaban J connectivity index is 4.41. The van der Waals surface area contributed by atoms with Gasteiger partial charge in [-0.1, -0.05) is 0 Å². The van der Waals surface area contributed by atoms with Crippen LogP contribution in [0.3, 0.4) is 0 Å². The van der Waals surface area contributed by atoms with Gasteiger partial charge in [-0.25, -0.2) is 0 Å². The first-order valence-electron chi connectivity index (χ1n) is 13.6. The number of hydrogen-bond donors (Lipinski definition) is 11. The third-order valence-corrected chi connectivity index (χ3v) is 5.64. The van der Waals surface area contributed by atoms with Crippen LogP contribution in [-0.4, -0.2) is 116 Å². The summed E-state index contributed by atoms with van der Waals surface area (Å²) in [4.78, 5) is 105. The van der Waals surface area contributed by atoms with Crippen molar-refractivity contribution in [3.05, 3.63) is 0 Å². The third-order valence-electron chi connectivity index (χ3n) is 5.64. The quantitative estimate of drug-likeness (QED) is 0.0497. The highest BCUT2D eigenvalue weighted by Crippen LogP contribution is 2.04. The lowest BCUT2D eigenvalue weighted by atomic mass is 10.1. The number of amides is 8. The number of aliphatic carboxylic acids is 1. The van der Waals surface area contributed by atoms with E-state index in [1.165, 1.54) is 6.92 Å². The van der Waals surface area contributed by atoms with Crippen LogP contribution in [0.2, 0.25) is 0 Å². The van der Waals surface area contributed by atoms with Crippen molar-refractivity contribution in [1.82, 2.24) is 37.2 Å². The van der Waals surface area contributed by atoms with Crippen LogP contribution >= 0.6 is 0 Å². The summed E-state index contributed by atoms with van der Waals surface area (Å²) in [6.45, 7) is -0.560. The lowest BCUT2D eigenvalue weighted by molar-refractivity contribution is -0.141. The molecule has 0 aliphatic carbocycles. The molecule has 0 aromatic rings. The second kappa shape index (κ2) is 21.8. The standard InChI is InChI=1S/C24H42N10O10/c1-13(24(43)44)33-23(42)15(34-16(35)6-5-14(26)22(27)41)4-2-3-7-28-18(37)9-30-20(39)11-32-21(40)12-31-19(38)10-29-17(36)8-25/h13-15H,2-12,25-26H2,1H3,(H2,27,41)(H,28,37)(H,29,36)(H,30,39)(H,31,38)(H,32,40)(H,33,42)(H,34,35)(H,43,44)/t13-,14-,15+/m1/s1. The molecule has 8 amide bonds. The number of nitrogens with two attached hydrogens (primary N) is 3. The van der Waals surface area contributed by atoms with E-state index >= 15 is 0 Å². The number of nitrogens with one attached hydrogen (secondary N) is 7. The highest BCUT2D eigenvalue weighted by Gasteiger charge is 2.24. The third kappa shape index (κ3) is 19.3. The van der Waals surface area contributed by atoms with Gasteiger partial charge in [-0.2, -0.15) is 0 Å². The molecule has 0 heterocycles. The number of rotatable bonds is 22. The van der Waals surface area contributed by atoms with E-state index in [2.05, 4.69) is 37.2 Å². The van der Waals surface area contributed by atoms with Gasteiger partial charge < -0.3 is 59.5 Å². The van der Waals surface area contributed by atoms with E-state index in [-0.39, 0.29) is 38.9 Å². The van der Waals surface area contributed by atoms with E-state index in [1.807, 2.05) is 0 Å². The number of primary amides is 1. The fraction of sp³-hybridized carbons (Fsp3) is 0.625. The predicted molar refractivity (Wildman–Crippen MR) is 152 cm³/mol. The topological polar surface area (TPSA) is 336 Å². The van der Waals surface area contributed by atoms with Gasteiger partial charge in [0.15, 0.2) is 0 Å². The molecule has 0 fully saturated rings. The zero-order valence-corrected chi connectivity index (χ0v) is 24.4. The molecule has 0 saturated heterocycles. The summed E-state index contributed by atoms with van der Waals surface area (Å²) in [6, 6.07) is -3.35. The molecule has 20 heteroatoms. The van der Waals surface area contributed by atoms with E-state index in [1.54, 1.807) is 0 Å². The van der Waals surface area contributed by atoms with Crippen molar-refractivity contribution in [1.29, 1.82) is 0 Å². The first-order chi connectivity index (χ1) is 20.7. The van der Waals surface area contributed by atoms with Crippen LogP contribution < -0.4 is 54.4 Å². The van der Waals surface area contributed by atoms with Gasteiger partial charge in [0.1, 0.15) is 12.1 Å². The molecule has 14 N–H and O–H groups in total. The largest absolute Gasteiger partial charge is 0.480 e. The Labute approximate surface area is 252 Å². The minimum atomic E-state index is -1.27. The summed E-state index contributed by atoms with van der Waals surface area (Å²) < 4.78 is 0. The number of hydrogen-bond acceptors (Lipinski definition) is 11. The van der Waals surface area contributed by atoms with Crippen molar-refractivity contribution in [2.75, 3.05) is 39.3 Å². The van der Waals surface area contributed by atoms with Crippen LogP contribution in [0.4, 0.5) is 0 Å². The molecule has 0 aliphatic heterocycles. The van der Waals surface area contributed by atoms with Gasteiger partial charge in [-0.3, -0.25) is 43.2 Å². The maximum Gasteiger partial charge on any atom is 0.325 e. The molecular formula is C24H42N10O10. The van der Waals surface area contributed by atoms with Crippen molar-refractivity contribution >= 4 is 53.2 Å². The molecule has 0 aliphatic rings. The van der Waals surface area contributed by atoms with Crippen LogP contribution in [0, 0.1) is 0 Å². The van der Waals surface area contributed by atoms with E-state index < -0.39 is 91.0 Å². The monoisotopic (exact) mass is 630 g/mol. The zero-order chi connectivity index (χ0) is 33.7. The normalized spacial score (nSPS) is 12.3. The molecular weight excluding hydrogens is 588 g/mol. The van der Waals surface area contributed by atoms with E-state index in [9.17, 15) is 43.2 Å². The van der Waals surface area contributed by atoms with Crippen molar-refractivity contribution < 1.29 is 48.3 Å². The molecule has 0 aromatic carbocycles. The maximum atomic E-state index is 12.5. The molecule has 248 valence electrons.